The number of aromatic nitrogens is 1. The Morgan fingerprint density at radius 3 is 2.50 bits per heavy atom. The molecule has 1 heterocycles. The van der Waals surface area contributed by atoms with E-state index in [-0.39, 0.29) is 6.04 Å². The van der Waals surface area contributed by atoms with Crippen molar-refractivity contribution in [3.05, 3.63) is 22.8 Å². The highest BCUT2D eigenvalue weighted by atomic mass is 35.5. The number of anilines is 1. The van der Waals surface area contributed by atoms with E-state index in [4.69, 9.17) is 27.8 Å². The summed E-state index contributed by atoms with van der Waals surface area (Å²) in [5.41, 5.74) is 12.6. The van der Waals surface area contributed by atoms with Crippen molar-refractivity contribution >= 4 is 17.4 Å². The van der Waals surface area contributed by atoms with Gasteiger partial charge in [-0.25, -0.2) is 4.98 Å². The Hall–Kier alpha value is -0.840. The molecule has 102 valence electrons. The summed E-state index contributed by atoms with van der Waals surface area (Å²) in [5.74, 6) is 0.415. The van der Waals surface area contributed by atoms with Gasteiger partial charge in [-0.1, -0.05) is 25.4 Å². The van der Waals surface area contributed by atoms with Gasteiger partial charge in [-0.05, 0) is 25.8 Å². The first-order chi connectivity index (χ1) is 8.50. The average molecular weight is 272 g/mol. The van der Waals surface area contributed by atoms with Gasteiger partial charge in [0.15, 0.2) is 0 Å². The molecule has 1 aromatic rings. The molecule has 0 amide bonds. The van der Waals surface area contributed by atoms with E-state index in [9.17, 15) is 0 Å². The van der Waals surface area contributed by atoms with Crippen molar-refractivity contribution in [3.8, 4) is 0 Å². The Bertz CT molecular complexity index is 394. The Morgan fingerprint density at radius 2 is 2.00 bits per heavy atom. The lowest BCUT2D eigenvalue weighted by molar-refractivity contribution is -0.0644. The monoisotopic (exact) mass is 271 g/mol. The van der Waals surface area contributed by atoms with Crippen LogP contribution in [0.15, 0.2) is 12.3 Å². The Morgan fingerprint density at radius 1 is 1.39 bits per heavy atom. The zero-order valence-electron chi connectivity index (χ0n) is 11.2. The third kappa shape index (κ3) is 2.94. The number of rotatable bonds is 6. The summed E-state index contributed by atoms with van der Waals surface area (Å²) >= 11 is 5.96. The van der Waals surface area contributed by atoms with Crippen molar-refractivity contribution in [2.75, 3.05) is 12.3 Å². The highest BCUT2D eigenvalue weighted by molar-refractivity contribution is 6.30. The van der Waals surface area contributed by atoms with Gasteiger partial charge in [-0.2, -0.15) is 0 Å². The second kappa shape index (κ2) is 6.36. The number of hydrogen-bond acceptors (Lipinski definition) is 4. The fraction of sp³-hybridized carbons (Fsp3) is 0.615. The maximum Gasteiger partial charge on any atom is 0.128 e. The van der Waals surface area contributed by atoms with Crippen LogP contribution in [0, 0.1) is 0 Å². The van der Waals surface area contributed by atoms with E-state index in [1.165, 1.54) is 6.20 Å². The minimum atomic E-state index is -0.421. The van der Waals surface area contributed by atoms with Crippen molar-refractivity contribution < 1.29 is 4.74 Å². The predicted molar refractivity (Wildman–Crippen MR) is 75.5 cm³/mol. The smallest absolute Gasteiger partial charge is 0.128 e. The Labute approximate surface area is 114 Å². The van der Waals surface area contributed by atoms with Crippen molar-refractivity contribution in [3.63, 3.8) is 0 Å². The molecule has 1 aromatic heterocycles. The van der Waals surface area contributed by atoms with Crippen molar-refractivity contribution in [2.24, 2.45) is 5.73 Å². The zero-order chi connectivity index (χ0) is 13.8. The molecule has 4 N–H and O–H groups in total. The normalized spacial score (nSPS) is 13.6. The third-order valence-corrected chi connectivity index (χ3v) is 3.65. The topological polar surface area (TPSA) is 74.2 Å². The summed E-state index contributed by atoms with van der Waals surface area (Å²) in [6, 6.07) is 1.44. The summed E-state index contributed by atoms with van der Waals surface area (Å²) in [6.07, 6.45) is 3.14. The number of nitrogens with two attached hydrogens (primary N) is 2. The molecule has 0 saturated heterocycles. The van der Waals surface area contributed by atoms with E-state index in [0.29, 0.717) is 17.4 Å². The molecule has 5 heteroatoms. The fourth-order valence-electron chi connectivity index (χ4n) is 2.27. The van der Waals surface area contributed by atoms with E-state index in [2.05, 4.69) is 18.8 Å². The van der Waals surface area contributed by atoms with Gasteiger partial charge in [0, 0.05) is 18.4 Å². The van der Waals surface area contributed by atoms with Crippen LogP contribution in [-0.4, -0.2) is 17.2 Å². The van der Waals surface area contributed by atoms with Gasteiger partial charge in [-0.3, -0.25) is 0 Å². The molecule has 0 spiro atoms. The van der Waals surface area contributed by atoms with Gasteiger partial charge in [0.1, 0.15) is 5.82 Å². The molecule has 18 heavy (non-hydrogen) atoms. The molecule has 1 rings (SSSR count). The van der Waals surface area contributed by atoms with Crippen molar-refractivity contribution in [1.82, 2.24) is 4.98 Å². The first kappa shape index (κ1) is 15.2. The van der Waals surface area contributed by atoms with Crippen LogP contribution in [-0.2, 0) is 4.74 Å². The number of halogens is 1. The van der Waals surface area contributed by atoms with Crippen LogP contribution >= 0.6 is 11.6 Å². The number of nitrogens with zero attached hydrogens (tertiary/aromatic N) is 1. The number of pyridine rings is 1. The highest BCUT2D eigenvalue weighted by Gasteiger charge is 2.36. The lowest BCUT2D eigenvalue weighted by Crippen LogP contribution is -2.43. The lowest BCUT2D eigenvalue weighted by atomic mass is 9.84. The quantitative estimate of drug-likeness (QED) is 0.834. The largest absolute Gasteiger partial charge is 0.383 e. The van der Waals surface area contributed by atoms with Gasteiger partial charge in [0.2, 0.25) is 0 Å². The molecule has 0 radical (unpaired) electrons. The summed E-state index contributed by atoms with van der Waals surface area (Å²) in [7, 11) is 0. The molecule has 0 aliphatic heterocycles. The first-order valence-electron chi connectivity index (χ1n) is 6.31. The first-order valence-corrected chi connectivity index (χ1v) is 6.69. The zero-order valence-corrected chi connectivity index (χ0v) is 12.0. The lowest BCUT2D eigenvalue weighted by Gasteiger charge is -2.37. The second-order valence-electron chi connectivity index (χ2n) is 4.31. The van der Waals surface area contributed by atoms with E-state index in [0.717, 1.165) is 18.4 Å². The summed E-state index contributed by atoms with van der Waals surface area (Å²) in [4.78, 5) is 4.05. The minimum absolute atomic E-state index is 0.335. The molecule has 1 unspecified atom stereocenters. The molecule has 0 aromatic carbocycles. The standard InChI is InChI=1S/C13H22ClN3O/c1-4-13(5-2,18-6-3)11(15)10-7-9(14)8-17-12(10)16/h7-8,11H,4-6,15H2,1-3H3,(H2,16,17). The Balaban J connectivity index is 3.16. The van der Waals surface area contributed by atoms with Crippen molar-refractivity contribution in [2.45, 2.75) is 45.3 Å². The average Bonchev–Trinajstić information content (AvgIpc) is 2.38. The van der Waals surface area contributed by atoms with Crippen LogP contribution in [0.2, 0.25) is 5.02 Å². The SMILES string of the molecule is CCOC(CC)(CC)C(N)c1cc(Cl)cnc1N. The molecule has 1 atom stereocenters. The fourth-order valence-corrected chi connectivity index (χ4v) is 2.44. The van der Waals surface area contributed by atoms with Crippen LogP contribution in [0.25, 0.3) is 0 Å². The minimum Gasteiger partial charge on any atom is -0.383 e. The molecular weight excluding hydrogens is 250 g/mol. The molecular formula is C13H22ClN3O. The summed E-state index contributed by atoms with van der Waals surface area (Å²) in [6.45, 7) is 6.70. The van der Waals surface area contributed by atoms with Gasteiger partial charge in [0.05, 0.1) is 16.7 Å². The van der Waals surface area contributed by atoms with Crippen LogP contribution in [0.4, 0.5) is 5.82 Å². The Kier molecular flexibility index (Phi) is 5.38. The highest BCUT2D eigenvalue weighted by Crippen LogP contribution is 2.36. The maximum atomic E-state index is 6.35. The third-order valence-electron chi connectivity index (χ3n) is 3.45. The molecule has 0 aliphatic rings. The van der Waals surface area contributed by atoms with Crippen molar-refractivity contribution in [1.29, 1.82) is 0 Å². The van der Waals surface area contributed by atoms with E-state index in [1.54, 1.807) is 6.07 Å². The van der Waals surface area contributed by atoms with Gasteiger partial charge < -0.3 is 16.2 Å². The van der Waals surface area contributed by atoms with Gasteiger partial charge in [0.25, 0.3) is 0 Å². The van der Waals surface area contributed by atoms with E-state index >= 15 is 0 Å². The number of hydrogen-bond donors (Lipinski definition) is 2. The van der Waals surface area contributed by atoms with Crippen LogP contribution < -0.4 is 11.5 Å². The molecule has 0 bridgehead atoms. The van der Waals surface area contributed by atoms with Gasteiger partial charge >= 0.3 is 0 Å². The van der Waals surface area contributed by atoms with Gasteiger partial charge in [-0.15, -0.1) is 0 Å². The van der Waals surface area contributed by atoms with E-state index in [1.807, 2.05) is 6.92 Å². The van der Waals surface area contributed by atoms with E-state index < -0.39 is 5.60 Å². The number of ether oxygens (including phenoxy) is 1. The predicted octanol–water partition coefficient (Wildman–Crippen LogP) is 2.91. The molecule has 0 fully saturated rings. The molecule has 4 nitrogen and oxygen atoms in total. The van der Waals surface area contributed by atoms with Crippen LogP contribution in [0.1, 0.15) is 45.2 Å². The number of nitrogen functional groups attached to an aromatic ring is 1. The summed E-state index contributed by atoms with van der Waals surface area (Å²) in [5, 5.41) is 0.534. The molecule has 0 aliphatic carbocycles. The summed E-state index contributed by atoms with van der Waals surface area (Å²) < 4.78 is 5.89. The van der Waals surface area contributed by atoms with Crippen LogP contribution in [0.3, 0.4) is 0 Å². The second-order valence-corrected chi connectivity index (χ2v) is 4.75. The maximum absolute atomic E-state index is 6.35. The molecule has 0 saturated carbocycles. The van der Waals surface area contributed by atoms with Crippen LogP contribution in [0.5, 0.6) is 0 Å².